The minimum atomic E-state index is -0.354. The van der Waals surface area contributed by atoms with Crippen LogP contribution in [0.15, 0.2) is 84.1 Å². The molecule has 2 N–H and O–H groups in total. The quantitative estimate of drug-likeness (QED) is 0.413. The molecule has 1 aliphatic heterocycles. The van der Waals surface area contributed by atoms with Crippen LogP contribution in [0.4, 0.5) is 17.3 Å². The molecule has 0 aliphatic carbocycles. The first-order chi connectivity index (χ1) is 15.9. The summed E-state index contributed by atoms with van der Waals surface area (Å²) in [4.78, 5) is 20.5. The zero-order chi connectivity index (χ0) is 23.1. The summed E-state index contributed by atoms with van der Waals surface area (Å²) in [5.41, 5.74) is 5.86. The molecule has 4 aromatic rings. The molecule has 33 heavy (non-hydrogen) atoms. The van der Waals surface area contributed by atoms with E-state index in [-0.39, 0.29) is 11.9 Å². The molecule has 166 valence electrons. The molecule has 0 fully saturated rings. The summed E-state index contributed by atoms with van der Waals surface area (Å²) >= 11 is 6.32. The number of hydrogen-bond acceptors (Lipinski definition) is 4. The van der Waals surface area contributed by atoms with E-state index in [4.69, 9.17) is 16.6 Å². The Bertz CT molecular complexity index is 1390. The standard InChI is InChI=1S/C26H24ClN5O/c1-16-23(25(33)29-20-9-5-4-8-19(20)27)24(17-12-14-18(15-13-17)31(2)3)32-22-11-7-6-10-21(22)30-26(32)28-16/h4-15,24H,1-3H3,(H,28,30)(H,29,33)/t24-/m1/s1. The second-order valence-corrected chi connectivity index (χ2v) is 8.69. The molecule has 2 heterocycles. The van der Waals surface area contributed by atoms with Crippen LogP contribution in [-0.4, -0.2) is 29.6 Å². The van der Waals surface area contributed by atoms with Gasteiger partial charge in [0.05, 0.1) is 33.4 Å². The Morgan fingerprint density at radius 1 is 1.03 bits per heavy atom. The molecule has 0 unspecified atom stereocenters. The molecule has 6 nitrogen and oxygen atoms in total. The van der Waals surface area contributed by atoms with Gasteiger partial charge in [0, 0.05) is 25.5 Å². The van der Waals surface area contributed by atoms with Gasteiger partial charge in [0.2, 0.25) is 5.95 Å². The van der Waals surface area contributed by atoms with Gasteiger partial charge < -0.3 is 15.5 Å². The summed E-state index contributed by atoms with van der Waals surface area (Å²) in [7, 11) is 4.01. The highest BCUT2D eigenvalue weighted by Gasteiger charge is 2.34. The third-order valence-electron chi connectivity index (χ3n) is 5.92. The molecule has 0 radical (unpaired) electrons. The maximum atomic E-state index is 13.6. The van der Waals surface area contributed by atoms with Gasteiger partial charge in [-0.05, 0) is 48.9 Å². The number of benzene rings is 3. The number of carbonyl (C=O) groups excluding carboxylic acids is 1. The molecular weight excluding hydrogens is 434 g/mol. The van der Waals surface area contributed by atoms with Crippen molar-refractivity contribution in [3.05, 3.63) is 94.7 Å². The first kappa shape index (κ1) is 21.1. The molecule has 1 aromatic heterocycles. The predicted molar refractivity (Wildman–Crippen MR) is 135 cm³/mol. The van der Waals surface area contributed by atoms with E-state index in [1.165, 1.54) is 0 Å². The zero-order valence-electron chi connectivity index (χ0n) is 18.6. The number of imidazole rings is 1. The lowest BCUT2D eigenvalue weighted by atomic mass is 9.94. The van der Waals surface area contributed by atoms with Crippen molar-refractivity contribution in [2.45, 2.75) is 13.0 Å². The number of halogens is 1. The van der Waals surface area contributed by atoms with E-state index in [0.717, 1.165) is 28.0 Å². The fourth-order valence-corrected chi connectivity index (χ4v) is 4.46. The van der Waals surface area contributed by atoms with Gasteiger partial charge in [-0.2, -0.15) is 0 Å². The molecule has 1 atom stereocenters. The van der Waals surface area contributed by atoms with Crippen molar-refractivity contribution in [2.75, 3.05) is 29.6 Å². The van der Waals surface area contributed by atoms with Crippen molar-refractivity contribution in [2.24, 2.45) is 0 Å². The Balaban J connectivity index is 1.66. The van der Waals surface area contributed by atoms with Gasteiger partial charge in [-0.1, -0.05) is 48.0 Å². The molecule has 7 heteroatoms. The summed E-state index contributed by atoms with van der Waals surface area (Å²) in [6.45, 7) is 1.91. The van der Waals surface area contributed by atoms with Gasteiger partial charge in [-0.3, -0.25) is 9.36 Å². The summed E-state index contributed by atoms with van der Waals surface area (Å²) in [6.07, 6.45) is 0. The number of hydrogen-bond donors (Lipinski definition) is 2. The second-order valence-electron chi connectivity index (χ2n) is 8.28. The van der Waals surface area contributed by atoms with Gasteiger partial charge in [0.15, 0.2) is 0 Å². The van der Waals surface area contributed by atoms with Crippen LogP contribution in [0.25, 0.3) is 11.0 Å². The molecule has 0 bridgehead atoms. The topological polar surface area (TPSA) is 62.2 Å². The lowest BCUT2D eigenvalue weighted by Crippen LogP contribution is -2.31. The Kier molecular flexibility index (Phi) is 5.30. The molecule has 1 amide bonds. The van der Waals surface area contributed by atoms with Crippen molar-refractivity contribution < 1.29 is 4.79 Å². The van der Waals surface area contributed by atoms with E-state index < -0.39 is 0 Å². The van der Waals surface area contributed by atoms with Gasteiger partial charge in [-0.15, -0.1) is 0 Å². The summed E-state index contributed by atoms with van der Waals surface area (Å²) in [5.74, 6) is 0.503. The fourth-order valence-electron chi connectivity index (χ4n) is 4.28. The number of aromatic nitrogens is 2. The SMILES string of the molecule is CC1=C(C(=O)Nc2ccccc2Cl)[C@@H](c2ccc(N(C)C)cc2)n2c(nc3ccccc32)N1. The maximum absolute atomic E-state index is 13.6. The van der Waals surface area contributed by atoms with Crippen LogP contribution in [0.5, 0.6) is 0 Å². The number of amides is 1. The van der Waals surface area contributed by atoms with Crippen LogP contribution < -0.4 is 15.5 Å². The molecular formula is C26H24ClN5O. The lowest BCUT2D eigenvalue weighted by molar-refractivity contribution is -0.113. The van der Waals surface area contributed by atoms with Gasteiger partial charge in [0.1, 0.15) is 0 Å². The average molecular weight is 458 g/mol. The second kappa shape index (κ2) is 8.30. The summed E-state index contributed by atoms with van der Waals surface area (Å²) in [6, 6.07) is 23.1. The normalized spacial score (nSPS) is 15.2. The minimum absolute atomic E-state index is 0.210. The van der Waals surface area contributed by atoms with E-state index in [1.807, 2.05) is 57.4 Å². The van der Waals surface area contributed by atoms with E-state index in [9.17, 15) is 4.79 Å². The minimum Gasteiger partial charge on any atom is -0.378 e. The van der Waals surface area contributed by atoms with Crippen LogP contribution in [0.1, 0.15) is 18.5 Å². The van der Waals surface area contributed by atoms with Crippen molar-refractivity contribution in [1.82, 2.24) is 9.55 Å². The van der Waals surface area contributed by atoms with Crippen LogP contribution in [0.2, 0.25) is 5.02 Å². The third-order valence-corrected chi connectivity index (χ3v) is 6.25. The third kappa shape index (κ3) is 3.72. The van der Waals surface area contributed by atoms with Crippen LogP contribution in [0.3, 0.4) is 0 Å². The molecule has 0 spiro atoms. The predicted octanol–water partition coefficient (Wildman–Crippen LogP) is 5.68. The summed E-state index contributed by atoms with van der Waals surface area (Å²) < 4.78 is 2.09. The average Bonchev–Trinajstić information content (AvgIpc) is 3.17. The highest BCUT2D eigenvalue weighted by Crippen LogP contribution is 2.40. The fraction of sp³-hybridized carbons (Fsp3) is 0.154. The number of allylic oxidation sites excluding steroid dienone is 1. The van der Waals surface area contributed by atoms with E-state index in [2.05, 4.69) is 44.4 Å². The molecule has 0 saturated carbocycles. The van der Waals surface area contributed by atoms with Crippen LogP contribution in [-0.2, 0) is 4.79 Å². The number of nitrogens with one attached hydrogen (secondary N) is 2. The van der Waals surface area contributed by atoms with Crippen molar-refractivity contribution >= 4 is 45.9 Å². The maximum Gasteiger partial charge on any atom is 0.255 e. The number of para-hydroxylation sites is 3. The van der Waals surface area contributed by atoms with Gasteiger partial charge >= 0.3 is 0 Å². The lowest BCUT2D eigenvalue weighted by Gasteiger charge is -2.31. The summed E-state index contributed by atoms with van der Waals surface area (Å²) in [5, 5.41) is 6.83. The highest BCUT2D eigenvalue weighted by atomic mass is 35.5. The molecule has 5 rings (SSSR count). The number of rotatable bonds is 4. The Morgan fingerprint density at radius 3 is 2.45 bits per heavy atom. The van der Waals surface area contributed by atoms with Crippen molar-refractivity contribution in [3.63, 3.8) is 0 Å². The molecule has 1 aliphatic rings. The largest absolute Gasteiger partial charge is 0.378 e. The first-order valence-corrected chi connectivity index (χ1v) is 11.1. The monoisotopic (exact) mass is 457 g/mol. The molecule has 0 saturated heterocycles. The Labute approximate surface area is 197 Å². The Hall–Kier alpha value is -3.77. The smallest absolute Gasteiger partial charge is 0.255 e. The van der Waals surface area contributed by atoms with Crippen molar-refractivity contribution in [1.29, 1.82) is 0 Å². The van der Waals surface area contributed by atoms with Crippen molar-refractivity contribution in [3.8, 4) is 0 Å². The first-order valence-electron chi connectivity index (χ1n) is 10.7. The zero-order valence-corrected chi connectivity index (χ0v) is 19.4. The van der Waals surface area contributed by atoms with Gasteiger partial charge in [0.25, 0.3) is 5.91 Å². The van der Waals surface area contributed by atoms with Crippen LogP contribution >= 0.6 is 11.6 Å². The Morgan fingerprint density at radius 2 is 1.73 bits per heavy atom. The number of fused-ring (bicyclic) bond motifs is 3. The number of carbonyl (C=O) groups is 1. The highest BCUT2D eigenvalue weighted by molar-refractivity contribution is 6.33. The van der Waals surface area contributed by atoms with E-state index in [1.54, 1.807) is 12.1 Å². The number of anilines is 3. The van der Waals surface area contributed by atoms with E-state index >= 15 is 0 Å². The van der Waals surface area contributed by atoms with E-state index in [0.29, 0.717) is 22.2 Å². The number of nitrogens with zero attached hydrogens (tertiary/aromatic N) is 3. The van der Waals surface area contributed by atoms with Gasteiger partial charge in [-0.25, -0.2) is 4.98 Å². The molecule has 3 aromatic carbocycles. The van der Waals surface area contributed by atoms with Crippen LogP contribution in [0, 0.1) is 0 Å².